The van der Waals surface area contributed by atoms with Gasteiger partial charge in [0, 0.05) is 19.4 Å². The Labute approximate surface area is 202 Å². The van der Waals surface area contributed by atoms with Crippen molar-refractivity contribution in [3.05, 3.63) is 40.1 Å². The van der Waals surface area contributed by atoms with Gasteiger partial charge in [-0.3, -0.25) is 24.8 Å². The van der Waals surface area contributed by atoms with E-state index in [4.69, 9.17) is 9.47 Å². The van der Waals surface area contributed by atoms with Crippen LogP contribution in [0.15, 0.2) is 34.7 Å². The third kappa shape index (κ3) is 4.18. The van der Waals surface area contributed by atoms with Crippen LogP contribution in [-0.4, -0.2) is 48.6 Å². The fraction of sp³-hybridized carbons (Fsp3) is 0.458. The van der Waals surface area contributed by atoms with Gasteiger partial charge in [-0.05, 0) is 42.0 Å². The summed E-state index contributed by atoms with van der Waals surface area (Å²) in [6.07, 6.45) is 0.394. The Bertz CT molecular complexity index is 1130. The van der Waals surface area contributed by atoms with Gasteiger partial charge in [0.1, 0.15) is 23.9 Å². The minimum absolute atomic E-state index is 0.0231. The highest BCUT2D eigenvalue weighted by atomic mass is 32.1. The van der Waals surface area contributed by atoms with Gasteiger partial charge in [0.05, 0.1) is 11.7 Å². The highest BCUT2D eigenvalue weighted by Gasteiger charge is 2.43. The van der Waals surface area contributed by atoms with E-state index >= 15 is 0 Å². The second-order valence-corrected chi connectivity index (χ2v) is 10.00. The van der Waals surface area contributed by atoms with Gasteiger partial charge in [0.25, 0.3) is 5.91 Å². The van der Waals surface area contributed by atoms with Crippen LogP contribution in [0.5, 0.6) is 11.5 Å². The number of rotatable bonds is 7. The van der Waals surface area contributed by atoms with Crippen LogP contribution in [0.25, 0.3) is 0 Å². The first-order chi connectivity index (χ1) is 16.4. The third-order valence-corrected chi connectivity index (χ3v) is 6.96. The van der Waals surface area contributed by atoms with Gasteiger partial charge in [0.15, 0.2) is 11.5 Å². The maximum absolute atomic E-state index is 13.0. The van der Waals surface area contributed by atoms with E-state index in [9.17, 15) is 9.59 Å². The number of benzene rings is 1. The quantitative estimate of drug-likeness (QED) is 0.628. The summed E-state index contributed by atoms with van der Waals surface area (Å²) in [6, 6.07) is 7.52. The number of ether oxygens (including phenoxy) is 2. The highest BCUT2D eigenvalue weighted by Crippen LogP contribution is 2.37. The Morgan fingerprint density at radius 2 is 2.03 bits per heavy atom. The lowest BCUT2D eigenvalue weighted by Crippen LogP contribution is -2.59. The van der Waals surface area contributed by atoms with Crippen LogP contribution in [0, 0.1) is 5.92 Å². The molecule has 34 heavy (non-hydrogen) atoms. The number of nitrogens with zero attached hydrogens (tertiary/aromatic N) is 3. The molecule has 3 aliphatic rings. The van der Waals surface area contributed by atoms with Crippen molar-refractivity contribution in [2.45, 2.75) is 45.9 Å². The van der Waals surface area contributed by atoms with E-state index in [0.29, 0.717) is 42.7 Å². The maximum atomic E-state index is 13.0. The Morgan fingerprint density at radius 3 is 2.82 bits per heavy atom. The second-order valence-electron chi connectivity index (χ2n) is 9.08. The number of thiophene rings is 1. The molecule has 0 saturated heterocycles. The van der Waals surface area contributed by atoms with E-state index in [1.807, 2.05) is 46.4 Å². The lowest BCUT2D eigenvalue weighted by molar-refractivity contribution is -0.121. The van der Waals surface area contributed by atoms with Crippen molar-refractivity contribution >= 4 is 34.7 Å². The molecule has 4 heterocycles. The number of anilines is 1. The Hall–Kier alpha value is -3.27. The van der Waals surface area contributed by atoms with Crippen molar-refractivity contribution in [2.24, 2.45) is 11.0 Å². The zero-order valence-corrected chi connectivity index (χ0v) is 20.4. The average molecular weight is 484 g/mol. The standard InChI is InChI=1S/C24H29N5O4S/c1-14(2)13-28-23(31)22-17(8-11-34-22)29-20(26-27-24(28)29)6-7-21(30)25-15(3)16-4-5-18-19(12-16)33-10-9-32-18/h4-5,8,11-12,14-15,24,27H,6-7,9-10,13H2,1-3H3,(H,25,30). The lowest BCUT2D eigenvalue weighted by Gasteiger charge is -2.40. The molecule has 0 fully saturated rings. The molecule has 2 N–H and O–H groups in total. The highest BCUT2D eigenvalue weighted by molar-refractivity contribution is 7.12. The zero-order valence-electron chi connectivity index (χ0n) is 19.5. The van der Waals surface area contributed by atoms with Crippen LogP contribution in [0.2, 0.25) is 0 Å². The molecule has 5 rings (SSSR count). The predicted molar refractivity (Wildman–Crippen MR) is 130 cm³/mol. The topological polar surface area (TPSA) is 95.5 Å². The summed E-state index contributed by atoms with van der Waals surface area (Å²) in [5.41, 5.74) is 4.92. The smallest absolute Gasteiger partial charge is 0.269 e. The maximum Gasteiger partial charge on any atom is 0.269 e. The van der Waals surface area contributed by atoms with Crippen molar-refractivity contribution in [1.29, 1.82) is 0 Å². The number of carbonyl (C=O) groups excluding carboxylic acids is 2. The van der Waals surface area contributed by atoms with Gasteiger partial charge >= 0.3 is 0 Å². The Morgan fingerprint density at radius 1 is 1.24 bits per heavy atom. The van der Waals surface area contributed by atoms with Gasteiger partial charge in [-0.2, -0.15) is 5.10 Å². The molecule has 2 aromatic rings. The molecule has 1 aromatic carbocycles. The predicted octanol–water partition coefficient (Wildman–Crippen LogP) is 3.30. The summed E-state index contributed by atoms with van der Waals surface area (Å²) in [5, 5.41) is 9.49. The molecule has 10 heteroatoms. The van der Waals surface area contributed by atoms with E-state index in [-0.39, 0.29) is 30.6 Å². The van der Waals surface area contributed by atoms with Gasteiger partial charge in [-0.25, -0.2) is 0 Å². The summed E-state index contributed by atoms with van der Waals surface area (Å²) >= 11 is 1.44. The minimum atomic E-state index is -0.355. The van der Waals surface area contributed by atoms with Crippen LogP contribution < -0.4 is 25.1 Å². The Balaban J connectivity index is 1.23. The number of hydrazone groups is 1. The number of nitrogens with one attached hydrogen (secondary N) is 2. The second kappa shape index (κ2) is 9.17. The fourth-order valence-electron chi connectivity index (χ4n) is 4.46. The molecule has 2 atom stereocenters. The summed E-state index contributed by atoms with van der Waals surface area (Å²) in [7, 11) is 0. The molecule has 2 amide bonds. The summed E-state index contributed by atoms with van der Waals surface area (Å²) in [6.45, 7) is 7.83. The monoisotopic (exact) mass is 483 g/mol. The first-order valence-corrected chi connectivity index (χ1v) is 12.5. The molecule has 1 aromatic heterocycles. The van der Waals surface area contributed by atoms with Crippen LogP contribution in [0.1, 0.15) is 54.9 Å². The summed E-state index contributed by atoms with van der Waals surface area (Å²) < 4.78 is 11.2. The van der Waals surface area contributed by atoms with Gasteiger partial charge < -0.3 is 14.8 Å². The van der Waals surface area contributed by atoms with Crippen molar-refractivity contribution in [3.63, 3.8) is 0 Å². The van der Waals surface area contributed by atoms with Crippen LogP contribution in [0.3, 0.4) is 0 Å². The third-order valence-electron chi connectivity index (χ3n) is 6.07. The number of fused-ring (bicyclic) bond motifs is 4. The largest absolute Gasteiger partial charge is 0.486 e. The van der Waals surface area contributed by atoms with Crippen molar-refractivity contribution < 1.29 is 19.1 Å². The van der Waals surface area contributed by atoms with E-state index in [0.717, 1.165) is 22.8 Å². The minimum Gasteiger partial charge on any atom is -0.486 e. The first-order valence-electron chi connectivity index (χ1n) is 11.6. The molecular formula is C24H29N5O4S. The van der Waals surface area contributed by atoms with Crippen LogP contribution in [-0.2, 0) is 4.79 Å². The molecule has 0 aliphatic carbocycles. The van der Waals surface area contributed by atoms with Gasteiger partial charge in [-0.15, -0.1) is 11.3 Å². The summed E-state index contributed by atoms with van der Waals surface area (Å²) in [5.74, 6) is 2.48. The number of hydrogen-bond donors (Lipinski definition) is 2. The number of hydrogen-bond acceptors (Lipinski definition) is 8. The lowest BCUT2D eigenvalue weighted by atomic mass is 10.1. The molecule has 0 spiro atoms. The fourth-order valence-corrected chi connectivity index (χ4v) is 5.30. The van der Waals surface area contributed by atoms with E-state index < -0.39 is 0 Å². The van der Waals surface area contributed by atoms with E-state index in [1.165, 1.54) is 11.3 Å². The molecular weight excluding hydrogens is 454 g/mol. The van der Waals surface area contributed by atoms with E-state index in [1.54, 1.807) is 0 Å². The number of amidine groups is 1. The van der Waals surface area contributed by atoms with Gasteiger partial charge in [-0.1, -0.05) is 19.9 Å². The van der Waals surface area contributed by atoms with Gasteiger partial charge in [0.2, 0.25) is 12.2 Å². The molecule has 3 aliphatic heterocycles. The normalized spacial score (nSPS) is 19.4. The van der Waals surface area contributed by atoms with Crippen molar-refractivity contribution in [3.8, 4) is 11.5 Å². The molecule has 2 unspecified atom stereocenters. The SMILES string of the molecule is CC(C)CN1C(=O)c2sccc2N2C(CCC(=O)NC(C)c3ccc4c(c3)OCCO4)=NNC12. The Kier molecular flexibility index (Phi) is 6.07. The molecule has 0 saturated carbocycles. The zero-order chi connectivity index (χ0) is 23.8. The van der Waals surface area contributed by atoms with Crippen molar-refractivity contribution in [2.75, 3.05) is 24.7 Å². The van der Waals surface area contributed by atoms with E-state index in [2.05, 4.69) is 29.7 Å². The van der Waals surface area contributed by atoms with Crippen LogP contribution in [0.4, 0.5) is 5.69 Å². The molecule has 9 nitrogen and oxygen atoms in total. The molecule has 180 valence electrons. The van der Waals surface area contributed by atoms with Crippen LogP contribution >= 0.6 is 11.3 Å². The number of carbonyl (C=O) groups is 2. The average Bonchev–Trinajstić information content (AvgIpc) is 3.47. The summed E-state index contributed by atoms with van der Waals surface area (Å²) in [4.78, 5) is 30.4. The number of amides is 2. The molecule has 0 radical (unpaired) electrons. The molecule has 0 bridgehead atoms. The first kappa shape index (κ1) is 22.5. The van der Waals surface area contributed by atoms with Crippen molar-refractivity contribution in [1.82, 2.24) is 15.6 Å².